The van der Waals surface area contributed by atoms with Gasteiger partial charge in [-0.25, -0.2) is 12.8 Å². The van der Waals surface area contributed by atoms with Gasteiger partial charge < -0.3 is 10.6 Å². The van der Waals surface area contributed by atoms with Crippen molar-refractivity contribution in [3.63, 3.8) is 0 Å². The summed E-state index contributed by atoms with van der Waals surface area (Å²) in [7, 11) is -3.97. The Morgan fingerprint density at radius 2 is 1.79 bits per heavy atom. The van der Waals surface area contributed by atoms with Crippen molar-refractivity contribution in [1.82, 2.24) is 5.32 Å². The van der Waals surface area contributed by atoms with Gasteiger partial charge in [0.05, 0.1) is 23.2 Å². The van der Waals surface area contributed by atoms with E-state index >= 15 is 0 Å². The number of amides is 2. The lowest BCUT2D eigenvalue weighted by Gasteiger charge is -2.28. The number of carbonyl (C=O) groups excluding carboxylic acids is 2. The number of sulfonamides is 1. The molecule has 0 unspecified atom stereocenters. The van der Waals surface area contributed by atoms with E-state index in [-0.39, 0.29) is 23.5 Å². The lowest BCUT2D eigenvalue weighted by molar-refractivity contribution is -0.116. The average Bonchev–Trinajstić information content (AvgIpc) is 2.67. The molecule has 0 saturated heterocycles. The predicted molar refractivity (Wildman–Crippen MR) is 111 cm³/mol. The topological polar surface area (TPSA) is 95.6 Å². The van der Waals surface area contributed by atoms with E-state index in [1.54, 1.807) is 12.1 Å². The molecular weight excluding hydrogens is 397 g/mol. The van der Waals surface area contributed by atoms with Gasteiger partial charge in [0.15, 0.2) is 0 Å². The number of anilines is 2. The lowest BCUT2D eigenvalue weighted by atomic mass is 10.1. The van der Waals surface area contributed by atoms with Crippen molar-refractivity contribution >= 4 is 33.2 Å². The summed E-state index contributed by atoms with van der Waals surface area (Å²) in [6.07, 6.45) is 2.40. The van der Waals surface area contributed by atoms with Crippen LogP contribution in [0.2, 0.25) is 0 Å². The first kappa shape index (κ1) is 22.1. The van der Waals surface area contributed by atoms with E-state index in [0.717, 1.165) is 12.3 Å². The summed E-state index contributed by atoms with van der Waals surface area (Å²) in [5.41, 5.74) is 0.161. The molecular formula is C20H22FN3O4S. The molecule has 0 radical (unpaired) electrons. The summed E-state index contributed by atoms with van der Waals surface area (Å²) in [5.74, 6) is -1.92. The van der Waals surface area contributed by atoms with Crippen LogP contribution in [0.1, 0.15) is 17.3 Å². The van der Waals surface area contributed by atoms with Gasteiger partial charge in [-0.3, -0.25) is 13.9 Å². The first-order valence-corrected chi connectivity index (χ1v) is 10.5. The number of halogens is 1. The largest absolute Gasteiger partial charge is 0.349 e. The minimum absolute atomic E-state index is 0.201. The van der Waals surface area contributed by atoms with Crippen LogP contribution in [0.3, 0.4) is 0 Å². The molecule has 154 valence electrons. The molecule has 2 N–H and O–H groups in total. The van der Waals surface area contributed by atoms with Crippen LogP contribution in [-0.2, 0) is 14.8 Å². The lowest BCUT2D eigenvalue weighted by Crippen LogP contribution is -2.46. The van der Waals surface area contributed by atoms with Gasteiger partial charge in [-0.15, -0.1) is 6.58 Å². The van der Waals surface area contributed by atoms with Crippen LogP contribution in [0.4, 0.5) is 15.8 Å². The Morgan fingerprint density at radius 3 is 2.41 bits per heavy atom. The minimum Gasteiger partial charge on any atom is -0.349 e. The number of para-hydroxylation sites is 2. The second kappa shape index (κ2) is 9.33. The molecule has 9 heteroatoms. The van der Waals surface area contributed by atoms with Crippen LogP contribution in [-0.4, -0.2) is 39.1 Å². The molecule has 1 atom stereocenters. The highest BCUT2D eigenvalue weighted by Gasteiger charge is 2.31. The Balaban J connectivity index is 2.33. The van der Waals surface area contributed by atoms with Gasteiger partial charge in [0, 0.05) is 6.54 Å². The van der Waals surface area contributed by atoms with Gasteiger partial charge >= 0.3 is 0 Å². The maximum Gasteiger partial charge on any atom is 0.253 e. The number of nitrogens with zero attached hydrogens (tertiary/aromatic N) is 1. The zero-order valence-corrected chi connectivity index (χ0v) is 16.9. The maximum atomic E-state index is 14.2. The van der Waals surface area contributed by atoms with E-state index in [4.69, 9.17) is 0 Å². The number of hydrogen-bond acceptors (Lipinski definition) is 4. The molecule has 0 saturated carbocycles. The second-order valence-electron chi connectivity index (χ2n) is 6.22. The molecule has 0 aromatic heterocycles. The van der Waals surface area contributed by atoms with Crippen LogP contribution in [0.15, 0.2) is 61.2 Å². The van der Waals surface area contributed by atoms with Crippen LogP contribution < -0.4 is 14.9 Å². The summed E-state index contributed by atoms with van der Waals surface area (Å²) in [6, 6.07) is 10.3. The Kier molecular flexibility index (Phi) is 7.11. The fraction of sp³-hybridized carbons (Fsp3) is 0.200. The van der Waals surface area contributed by atoms with Gasteiger partial charge in [0.1, 0.15) is 11.9 Å². The highest BCUT2D eigenvalue weighted by molar-refractivity contribution is 7.92. The molecule has 0 spiro atoms. The van der Waals surface area contributed by atoms with E-state index in [2.05, 4.69) is 17.2 Å². The summed E-state index contributed by atoms with van der Waals surface area (Å²) in [5, 5.41) is 5.16. The quantitative estimate of drug-likeness (QED) is 0.643. The Bertz CT molecular complexity index is 1020. The zero-order valence-electron chi connectivity index (χ0n) is 16.1. The summed E-state index contributed by atoms with van der Waals surface area (Å²) >= 11 is 0. The zero-order chi connectivity index (χ0) is 21.6. The highest BCUT2D eigenvalue weighted by atomic mass is 32.2. The molecule has 0 bridgehead atoms. The van der Waals surface area contributed by atoms with Crippen molar-refractivity contribution < 1.29 is 22.4 Å². The molecule has 0 heterocycles. The van der Waals surface area contributed by atoms with Gasteiger partial charge in [0.2, 0.25) is 15.9 Å². The highest BCUT2D eigenvalue weighted by Crippen LogP contribution is 2.25. The number of carbonyl (C=O) groups is 2. The van der Waals surface area contributed by atoms with Crippen molar-refractivity contribution in [1.29, 1.82) is 0 Å². The van der Waals surface area contributed by atoms with E-state index in [1.807, 2.05) is 0 Å². The third-order valence-corrected chi connectivity index (χ3v) is 5.24. The smallest absolute Gasteiger partial charge is 0.253 e. The minimum atomic E-state index is -3.97. The van der Waals surface area contributed by atoms with Crippen LogP contribution >= 0.6 is 0 Å². The molecule has 2 rings (SSSR count). The standard InChI is InChI=1S/C20H22FN3O4S/c1-4-13-22-20(26)15-9-5-7-11-17(15)23-19(25)14(2)24(29(3,27)28)18-12-8-6-10-16(18)21/h4-12,14H,1,13H2,2-3H3,(H,22,26)(H,23,25)/t14-/m0/s1. The fourth-order valence-corrected chi connectivity index (χ4v) is 3.87. The van der Waals surface area contributed by atoms with Crippen LogP contribution in [0.5, 0.6) is 0 Å². The summed E-state index contributed by atoms with van der Waals surface area (Å²) in [6.45, 7) is 5.10. The maximum absolute atomic E-state index is 14.2. The number of rotatable bonds is 8. The Morgan fingerprint density at radius 1 is 1.17 bits per heavy atom. The van der Waals surface area contributed by atoms with Gasteiger partial charge in [-0.1, -0.05) is 30.3 Å². The molecule has 0 aliphatic rings. The molecule has 0 aliphatic carbocycles. The molecule has 2 aromatic rings. The van der Waals surface area contributed by atoms with Gasteiger partial charge in [-0.2, -0.15) is 0 Å². The van der Waals surface area contributed by atoms with E-state index < -0.39 is 33.7 Å². The van der Waals surface area contributed by atoms with Gasteiger partial charge in [0.25, 0.3) is 5.91 Å². The predicted octanol–water partition coefficient (Wildman–Crippen LogP) is 2.53. The van der Waals surface area contributed by atoms with E-state index in [0.29, 0.717) is 4.31 Å². The number of hydrogen-bond donors (Lipinski definition) is 2. The Labute approximate surface area is 169 Å². The first-order chi connectivity index (χ1) is 13.7. The molecule has 0 fully saturated rings. The third-order valence-electron chi connectivity index (χ3n) is 4.01. The SMILES string of the molecule is C=CCNC(=O)c1ccccc1NC(=O)[C@H](C)N(c1ccccc1F)S(C)(=O)=O. The third kappa shape index (κ3) is 5.41. The van der Waals surface area contributed by atoms with Crippen molar-refractivity contribution in [3.8, 4) is 0 Å². The monoisotopic (exact) mass is 419 g/mol. The van der Waals surface area contributed by atoms with Gasteiger partial charge in [-0.05, 0) is 31.2 Å². The molecule has 2 amide bonds. The normalized spacial score (nSPS) is 12.0. The van der Waals surface area contributed by atoms with Crippen molar-refractivity contribution in [2.45, 2.75) is 13.0 Å². The first-order valence-electron chi connectivity index (χ1n) is 8.69. The number of nitrogens with one attached hydrogen (secondary N) is 2. The van der Waals surface area contributed by atoms with Crippen molar-refractivity contribution in [2.75, 3.05) is 22.4 Å². The summed E-state index contributed by atoms with van der Waals surface area (Å²) < 4.78 is 39.5. The molecule has 29 heavy (non-hydrogen) atoms. The Hall–Kier alpha value is -3.20. The van der Waals surface area contributed by atoms with E-state index in [1.165, 1.54) is 43.3 Å². The van der Waals surface area contributed by atoms with Crippen molar-refractivity contribution in [2.24, 2.45) is 0 Å². The second-order valence-corrected chi connectivity index (χ2v) is 8.08. The van der Waals surface area contributed by atoms with E-state index in [9.17, 15) is 22.4 Å². The molecule has 7 nitrogen and oxygen atoms in total. The molecule has 0 aliphatic heterocycles. The fourth-order valence-electron chi connectivity index (χ4n) is 2.70. The number of benzene rings is 2. The van der Waals surface area contributed by atoms with Crippen LogP contribution in [0, 0.1) is 5.82 Å². The van der Waals surface area contributed by atoms with Crippen molar-refractivity contribution in [3.05, 3.63) is 72.6 Å². The molecule has 2 aromatic carbocycles. The summed E-state index contributed by atoms with van der Waals surface area (Å²) in [4.78, 5) is 25.1. The van der Waals surface area contributed by atoms with Crippen LogP contribution in [0.25, 0.3) is 0 Å². The average molecular weight is 419 g/mol.